The number of rotatable bonds is 11. The number of anilines is 1. The van der Waals surface area contributed by atoms with Gasteiger partial charge in [0.15, 0.2) is 18.1 Å². The predicted octanol–water partition coefficient (Wildman–Crippen LogP) is 4.30. The first-order chi connectivity index (χ1) is 15.0. The third-order valence-electron chi connectivity index (χ3n) is 4.06. The van der Waals surface area contributed by atoms with Gasteiger partial charge in [0.2, 0.25) is 0 Å². The minimum atomic E-state index is -0.402. The molecule has 0 aliphatic heterocycles. The van der Waals surface area contributed by atoms with Crippen LogP contribution in [0.15, 0.2) is 41.6 Å². The standard InChI is InChI=1S/C22H25ClN2O6/c1-4-5-10-30-22(27)16-6-8-17(9-7-16)25-20(26)14-31-24-13-15-11-18(23)21(29-3)19(12-15)28-2/h6-9,11-13H,4-5,10,14H2,1-3H3,(H,25,26)/b24-13+. The van der Waals surface area contributed by atoms with Crippen molar-refractivity contribution in [1.29, 1.82) is 0 Å². The van der Waals surface area contributed by atoms with Crippen molar-refractivity contribution >= 4 is 35.4 Å². The molecule has 1 amide bonds. The normalized spacial score (nSPS) is 10.6. The Labute approximate surface area is 186 Å². The zero-order chi connectivity index (χ0) is 22.6. The number of carbonyl (C=O) groups is 2. The molecule has 2 rings (SSSR count). The van der Waals surface area contributed by atoms with E-state index >= 15 is 0 Å². The molecule has 0 saturated carbocycles. The molecule has 0 aromatic heterocycles. The van der Waals surface area contributed by atoms with Crippen molar-refractivity contribution in [1.82, 2.24) is 0 Å². The van der Waals surface area contributed by atoms with Gasteiger partial charge < -0.3 is 24.4 Å². The summed E-state index contributed by atoms with van der Waals surface area (Å²) < 4.78 is 15.5. The highest BCUT2D eigenvalue weighted by molar-refractivity contribution is 6.32. The maximum Gasteiger partial charge on any atom is 0.338 e. The molecule has 0 radical (unpaired) electrons. The Bertz CT molecular complexity index is 915. The maximum atomic E-state index is 12.0. The van der Waals surface area contributed by atoms with Crippen LogP contribution in [0.25, 0.3) is 0 Å². The first-order valence-corrected chi connectivity index (χ1v) is 10.00. The van der Waals surface area contributed by atoms with Crippen molar-refractivity contribution in [3.8, 4) is 11.5 Å². The summed E-state index contributed by atoms with van der Waals surface area (Å²) in [5.41, 5.74) is 1.56. The van der Waals surface area contributed by atoms with Gasteiger partial charge in [-0.1, -0.05) is 30.1 Å². The Morgan fingerprint density at radius 1 is 1.13 bits per heavy atom. The molecule has 0 unspecified atom stereocenters. The second kappa shape index (κ2) is 12.4. The molecular weight excluding hydrogens is 424 g/mol. The van der Waals surface area contributed by atoms with Crippen LogP contribution < -0.4 is 14.8 Å². The third-order valence-corrected chi connectivity index (χ3v) is 4.34. The summed E-state index contributed by atoms with van der Waals surface area (Å²) in [6.45, 7) is 2.12. The Kier molecular flexibility index (Phi) is 9.64. The average molecular weight is 449 g/mol. The summed E-state index contributed by atoms with van der Waals surface area (Å²) in [5.74, 6) is 0.0776. The summed E-state index contributed by atoms with van der Waals surface area (Å²) in [6, 6.07) is 9.71. The van der Waals surface area contributed by atoms with Crippen LogP contribution in [0, 0.1) is 0 Å². The number of carbonyl (C=O) groups excluding carboxylic acids is 2. The molecule has 0 atom stereocenters. The molecule has 0 fully saturated rings. The van der Waals surface area contributed by atoms with Gasteiger partial charge in [-0.3, -0.25) is 4.79 Å². The molecule has 2 aromatic rings. The van der Waals surface area contributed by atoms with Gasteiger partial charge in [-0.25, -0.2) is 4.79 Å². The van der Waals surface area contributed by atoms with E-state index in [0.717, 1.165) is 12.8 Å². The van der Waals surface area contributed by atoms with Crippen molar-refractivity contribution in [2.45, 2.75) is 19.8 Å². The molecule has 0 bridgehead atoms. The lowest BCUT2D eigenvalue weighted by Crippen LogP contribution is -2.17. The molecule has 9 heteroatoms. The van der Waals surface area contributed by atoms with Gasteiger partial charge in [0, 0.05) is 11.3 Å². The van der Waals surface area contributed by atoms with E-state index in [9.17, 15) is 9.59 Å². The van der Waals surface area contributed by atoms with Gasteiger partial charge in [-0.15, -0.1) is 0 Å². The lowest BCUT2D eigenvalue weighted by Gasteiger charge is -2.09. The summed E-state index contributed by atoms with van der Waals surface area (Å²) >= 11 is 6.13. The number of methoxy groups -OCH3 is 2. The van der Waals surface area contributed by atoms with Crippen LogP contribution in [-0.2, 0) is 14.4 Å². The van der Waals surface area contributed by atoms with E-state index in [4.69, 9.17) is 30.6 Å². The van der Waals surface area contributed by atoms with Crippen LogP contribution in [0.5, 0.6) is 11.5 Å². The molecule has 0 heterocycles. The average Bonchev–Trinajstić information content (AvgIpc) is 2.77. The molecule has 0 aliphatic carbocycles. The second-order valence-electron chi connectivity index (χ2n) is 6.36. The number of ether oxygens (including phenoxy) is 3. The summed E-state index contributed by atoms with van der Waals surface area (Å²) in [7, 11) is 2.99. The summed E-state index contributed by atoms with van der Waals surface area (Å²) in [6.07, 6.45) is 3.17. The fourth-order valence-electron chi connectivity index (χ4n) is 2.49. The first kappa shape index (κ1) is 24.0. The lowest BCUT2D eigenvalue weighted by atomic mass is 10.2. The van der Waals surface area contributed by atoms with E-state index in [0.29, 0.717) is 39.9 Å². The monoisotopic (exact) mass is 448 g/mol. The molecule has 0 saturated heterocycles. The van der Waals surface area contributed by atoms with Crippen LogP contribution >= 0.6 is 11.6 Å². The number of nitrogens with zero attached hydrogens (tertiary/aromatic N) is 1. The molecule has 2 aromatic carbocycles. The number of benzene rings is 2. The van der Waals surface area contributed by atoms with Crippen molar-refractivity contribution in [2.75, 3.05) is 32.8 Å². The Hall–Kier alpha value is -3.26. The minimum absolute atomic E-state index is 0.293. The second-order valence-corrected chi connectivity index (χ2v) is 6.77. The fraction of sp³-hybridized carbons (Fsp3) is 0.318. The number of halogens is 1. The van der Waals surface area contributed by atoms with Crippen molar-refractivity contribution in [3.05, 3.63) is 52.5 Å². The quantitative estimate of drug-likeness (QED) is 0.238. The van der Waals surface area contributed by atoms with E-state index in [-0.39, 0.29) is 12.6 Å². The van der Waals surface area contributed by atoms with Gasteiger partial charge >= 0.3 is 5.97 Å². The zero-order valence-electron chi connectivity index (χ0n) is 17.6. The highest BCUT2D eigenvalue weighted by atomic mass is 35.5. The molecule has 0 aliphatic rings. The zero-order valence-corrected chi connectivity index (χ0v) is 18.4. The highest BCUT2D eigenvalue weighted by Crippen LogP contribution is 2.35. The molecule has 31 heavy (non-hydrogen) atoms. The predicted molar refractivity (Wildman–Crippen MR) is 118 cm³/mol. The van der Waals surface area contributed by atoms with Gasteiger partial charge in [-0.2, -0.15) is 0 Å². The van der Waals surface area contributed by atoms with E-state index < -0.39 is 5.91 Å². The fourth-order valence-corrected chi connectivity index (χ4v) is 2.78. The summed E-state index contributed by atoms with van der Waals surface area (Å²) in [5, 5.41) is 6.78. The van der Waals surface area contributed by atoms with Crippen molar-refractivity contribution in [2.24, 2.45) is 5.16 Å². The SMILES string of the molecule is CCCCOC(=O)c1ccc(NC(=O)CO/N=C/c2cc(Cl)c(OC)c(OC)c2)cc1. The smallest absolute Gasteiger partial charge is 0.338 e. The Balaban J connectivity index is 1.83. The van der Waals surface area contributed by atoms with Gasteiger partial charge in [0.25, 0.3) is 5.91 Å². The molecule has 0 spiro atoms. The van der Waals surface area contributed by atoms with Gasteiger partial charge in [0.05, 0.1) is 37.6 Å². The molecule has 1 N–H and O–H groups in total. The third kappa shape index (κ3) is 7.49. The van der Waals surface area contributed by atoms with Crippen molar-refractivity contribution < 1.29 is 28.6 Å². The summed E-state index contributed by atoms with van der Waals surface area (Å²) in [4.78, 5) is 28.9. The van der Waals surface area contributed by atoms with Crippen LogP contribution in [0.2, 0.25) is 5.02 Å². The van der Waals surface area contributed by atoms with Gasteiger partial charge in [0.1, 0.15) is 0 Å². The number of hydrogen-bond donors (Lipinski definition) is 1. The van der Waals surface area contributed by atoms with Crippen LogP contribution in [0.3, 0.4) is 0 Å². The molecule has 8 nitrogen and oxygen atoms in total. The van der Waals surface area contributed by atoms with Crippen molar-refractivity contribution in [3.63, 3.8) is 0 Å². The first-order valence-electron chi connectivity index (χ1n) is 9.62. The Morgan fingerprint density at radius 3 is 2.52 bits per heavy atom. The van der Waals surface area contributed by atoms with Gasteiger partial charge in [-0.05, 0) is 42.8 Å². The number of nitrogens with one attached hydrogen (secondary N) is 1. The van der Waals surface area contributed by atoms with E-state index in [2.05, 4.69) is 10.5 Å². The Morgan fingerprint density at radius 2 is 1.87 bits per heavy atom. The minimum Gasteiger partial charge on any atom is -0.493 e. The number of oxime groups is 1. The number of unbranched alkanes of at least 4 members (excludes halogenated alkanes) is 1. The largest absolute Gasteiger partial charge is 0.493 e. The molecular formula is C22H25ClN2O6. The molecule has 166 valence electrons. The van der Waals surface area contributed by atoms with Crippen LogP contribution in [0.1, 0.15) is 35.7 Å². The topological polar surface area (TPSA) is 95.5 Å². The van der Waals surface area contributed by atoms with E-state index in [1.807, 2.05) is 6.92 Å². The maximum absolute atomic E-state index is 12.0. The highest BCUT2D eigenvalue weighted by Gasteiger charge is 2.10. The number of amides is 1. The van der Waals surface area contributed by atoms with E-state index in [1.165, 1.54) is 20.4 Å². The number of hydrogen-bond acceptors (Lipinski definition) is 7. The van der Waals surface area contributed by atoms with E-state index in [1.54, 1.807) is 36.4 Å². The van der Waals surface area contributed by atoms with Crippen LogP contribution in [-0.4, -0.2) is 45.5 Å². The number of esters is 1. The van der Waals surface area contributed by atoms with Crippen LogP contribution in [0.4, 0.5) is 5.69 Å². The lowest BCUT2D eigenvalue weighted by molar-refractivity contribution is -0.120.